The fourth-order valence-electron chi connectivity index (χ4n) is 2.05. The number of furan rings is 1. The molecule has 0 radical (unpaired) electrons. The van der Waals surface area contributed by atoms with E-state index in [4.69, 9.17) is 4.42 Å². The molecule has 0 aliphatic heterocycles. The SMILES string of the molecule is CCNC(=NCc1cccc(C(=O)NC)c1)NCc1ccco1. The largest absolute Gasteiger partial charge is 0.467 e. The number of guanidine groups is 1. The van der Waals surface area contributed by atoms with Gasteiger partial charge in [0.25, 0.3) is 5.91 Å². The van der Waals surface area contributed by atoms with E-state index < -0.39 is 0 Å². The maximum atomic E-state index is 11.7. The van der Waals surface area contributed by atoms with Crippen molar-refractivity contribution in [3.8, 4) is 0 Å². The van der Waals surface area contributed by atoms with E-state index in [1.165, 1.54) is 0 Å². The minimum Gasteiger partial charge on any atom is -0.467 e. The number of nitrogens with one attached hydrogen (secondary N) is 3. The highest BCUT2D eigenvalue weighted by Crippen LogP contribution is 2.06. The number of hydrogen-bond acceptors (Lipinski definition) is 3. The summed E-state index contributed by atoms with van der Waals surface area (Å²) in [6.07, 6.45) is 1.64. The van der Waals surface area contributed by atoms with Gasteiger partial charge in [0, 0.05) is 19.2 Å². The van der Waals surface area contributed by atoms with Crippen LogP contribution in [0.3, 0.4) is 0 Å². The lowest BCUT2D eigenvalue weighted by molar-refractivity contribution is 0.0963. The van der Waals surface area contributed by atoms with Crippen LogP contribution < -0.4 is 16.0 Å². The molecule has 0 bridgehead atoms. The molecule has 0 saturated heterocycles. The van der Waals surface area contributed by atoms with E-state index >= 15 is 0 Å². The van der Waals surface area contributed by atoms with Crippen molar-refractivity contribution in [1.29, 1.82) is 0 Å². The van der Waals surface area contributed by atoms with Gasteiger partial charge in [-0.3, -0.25) is 4.79 Å². The van der Waals surface area contributed by atoms with Crippen molar-refractivity contribution >= 4 is 11.9 Å². The maximum Gasteiger partial charge on any atom is 0.251 e. The maximum absolute atomic E-state index is 11.7. The van der Waals surface area contributed by atoms with Crippen molar-refractivity contribution in [2.45, 2.75) is 20.0 Å². The Morgan fingerprint density at radius 2 is 2.09 bits per heavy atom. The van der Waals surface area contributed by atoms with Gasteiger partial charge in [-0.1, -0.05) is 12.1 Å². The molecule has 2 aromatic rings. The lowest BCUT2D eigenvalue weighted by Gasteiger charge is -2.10. The van der Waals surface area contributed by atoms with Gasteiger partial charge < -0.3 is 20.4 Å². The van der Waals surface area contributed by atoms with Crippen LogP contribution in [0.4, 0.5) is 0 Å². The quantitative estimate of drug-likeness (QED) is 0.562. The first-order valence-corrected chi connectivity index (χ1v) is 7.58. The van der Waals surface area contributed by atoms with E-state index in [2.05, 4.69) is 20.9 Å². The van der Waals surface area contributed by atoms with Crippen LogP contribution in [0, 0.1) is 0 Å². The molecule has 1 aromatic carbocycles. The van der Waals surface area contributed by atoms with E-state index in [-0.39, 0.29) is 5.91 Å². The fraction of sp³-hybridized carbons (Fsp3) is 0.294. The first-order chi connectivity index (χ1) is 11.2. The molecule has 2 rings (SSSR count). The van der Waals surface area contributed by atoms with Gasteiger partial charge in [0.1, 0.15) is 5.76 Å². The molecule has 0 aliphatic rings. The summed E-state index contributed by atoms with van der Waals surface area (Å²) in [6, 6.07) is 11.2. The average Bonchev–Trinajstić information content (AvgIpc) is 3.10. The van der Waals surface area contributed by atoms with Gasteiger partial charge in [-0.05, 0) is 36.8 Å². The van der Waals surface area contributed by atoms with Crippen molar-refractivity contribution in [2.75, 3.05) is 13.6 Å². The van der Waals surface area contributed by atoms with E-state index in [1.807, 2.05) is 37.3 Å². The molecule has 122 valence electrons. The molecule has 0 atom stereocenters. The molecule has 23 heavy (non-hydrogen) atoms. The highest BCUT2D eigenvalue weighted by molar-refractivity contribution is 5.94. The molecule has 3 N–H and O–H groups in total. The third kappa shape index (κ3) is 5.18. The number of carbonyl (C=O) groups excluding carboxylic acids is 1. The lowest BCUT2D eigenvalue weighted by Crippen LogP contribution is -2.36. The predicted octanol–water partition coefficient (Wildman–Crippen LogP) is 1.89. The van der Waals surface area contributed by atoms with Gasteiger partial charge in [0.15, 0.2) is 5.96 Å². The van der Waals surface area contributed by atoms with Gasteiger partial charge in [-0.2, -0.15) is 0 Å². The molecule has 0 saturated carbocycles. The summed E-state index contributed by atoms with van der Waals surface area (Å²) in [5.41, 5.74) is 1.61. The Labute approximate surface area is 136 Å². The third-order valence-electron chi connectivity index (χ3n) is 3.19. The Morgan fingerprint density at radius 3 is 2.78 bits per heavy atom. The van der Waals surface area contributed by atoms with Crippen LogP contribution in [0.15, 0.2) is 52.1 Å². The van der Waals surface area contributed by atoms with Crippen molar-refractivity contribution in [3.05, 3.63) is 59.5 Å². The Balaban J connectivity index is 2.00. The summed E-state index contributed by atoms with van der Waals surface area (Å²) in [6.45, 7) is 3.83. The zero-order valence-electron chi connectivity index (χ0n) is 13.4. The molecular formula is C17H22N4O2. The fourth-order valence-corrected chi connectivity index (χ4v) is 2.05. The summed E-state index contributed by atoms with van der Waals surface area (Å²) < 4.78 is 5.29. The van der Waals surface area contributed by atoms with Gasteiger partial charge in [0.05, 0.1) is 19.4 Å². The van der Waals surface area contributed by atoms with E-state index in [0.29, 0.717) is 24.6 Å². The first kappa shape index (κ1) is 16.6. The standard InChI is InChI=1S/C17H22N4O2/c1-3-19-17(21-12-15-8-5-9-23-15)20-11-13-6-4-7-14(10-13)16(22)18-2/h4-10H,3,11-12H2,1-2H3,(H,18,22)(H2,19,20,21). The van der Waals surface area contributed by atoms with Crippen LogP contribution in [0.2, 0.25) is 0 Å². The van der Waals surface area contributed by atoms with Gasteiger partial charge in [0.2, 0.25) is 0 Å². The average molecular weight is 314 g/mol. The van der Waals surface area contributed by atoms with Crippen LogP contribution in [0.1, 0.15) is 28.6 Å². The number of amides is 1. The highest BCUT2D eigenvalue weighted by Gasteiger charge is 2.04. The molecule has 1 amide bonds. The van der Waals surface area contributed by atoms with Gasteiger partial charge in [-0.15, -0.1) is 0 Å². The van der Waals surface area contributed by atoms with Crippen molar-refractivity contribution in [2.24, 2.45) is 4.99 Å². The first-order valence-electron chi connectivity index (χ1n) is 7.58. The number of benzene rings is 1. The van der Waals surface area contributed by atoms with Gasteiger partial charge >= 0.3 is 0 Å². The molecule has 6 nitrogen and oxygen atoms in total. The molecule has 0 spiro atoms. The summed E-state index contributed by atoms with van der Waals surface area (Å²) >= 11 is 0. The Kier molecular flexibility index (Phi) is 6.23. The summed E-state index contributed by atoms with van der Waals surface area (Å²) in [4.78, 5) is 16.2. The molecule has 1 aromatic heterocycles. The van der Waals surface area contributed by atoms with Crippen molar-refractivity contribution in [1.82, 2.24) is 16.0 Å². The summed E-state index contributed by atoms with van der Waals surface area (Å²) in [7, 11) is 1.62. The lowest BCUT2D eigenvalue weighted by atomic mass is 10.1. The summed E-state index contributed by atoms with van der Waals surface area (Å²) in [5.74, 6) is 1.45. The van der Waals surface area contributed by atoms with Crippen LogP contribution in [-0.4, -0.2) is 25.5 Å². The smallest absolute Gasteiger partial charge is 0.251 e. The van der Waals surface area contributed by atoms with Crippen LogP contribution in [0.25, 0.3) is 0 Å². The normalized spacial score (nSPS) is 11.1. The third-order valence-corrected chi connectivity index (χ3v) is 3.19. The molecule has 0 fully saturated rings. The zero-order chi connectivity index (χ0) is 16.5. The van der Waals surface area contributed by atoms with Crippen molar-refractivity contribution in [3.63, 3.8) is 0 Å². The highest BCUT2D eigenvalue weighted by atomic mass is 16.3. The van der Waals surface area contributed by atoms with Crippen molar-refractivity contribution < 1.29 is 9.21 Å². The minimum atomic E-state index is -0.0984. The van der Waals surface area contributed by atoms with Crippen LogP contribution in [0.5, 0.6) is 0 Å². The minimum absolute atomic E-state index is 0.0984. The molecule has 1 heterocycles. The Bertz CT molecular complexity index is 650. The van der Waals surface area contributed by atoms with Crippen LogP contribution in [-0.2, 0) is 13.1 Å². The Hall–Kier alpha value is -2.76. The second kappa shape index (κ2) is 8.63. The number of carbonyl (C=O) groups is 1. The molecule has 6 heteroatoms. The topological polar surface area (TPSA) is 78.7 Å². The zero-order valence-corrected chi connectivity index (χ0v) is 13.4. The number of hydrogen-bond donors (Lipinski definition) is 3. The molecule has 0 unspecified atom stereocenters. The van der Waals surface area contributed by atoms with Crippen LogP contribution >= 0.6 is 0 Å². The van der Waals surface area contributed by atoms with E-state index in [9.17, 15) is 4.79 Å². The van der Waals surface area contributed by atoms with E-state index in [0.717, 1.165) is 17.9 Å². The predicted molar refractivity (Wildman–Crippen MR) is 90.2 cm³/mol. The summed E-state index contributed by atoms with van der Waals surface area (Å²) in [5, 5.41) is 9.01. The molecule has 0 aliphatic carbocycles. The number of rotatable bonds is 6. The monoisotopic (exact) mass is 314 g/mol. The second-order valence-corrected chi connectivity index (χ2v) is 4.91. The number of aliphatic imine (C=N–C) groups is 1. The molecular weight excluding hydrogens is 292 g/mol. The Morgan fingerprint density at radius 1 is 1.22 bits per heavy atom. The van der Waals surface area contributed by atoms with E-state index in [1.54, 1.807) is 19.4 Å². The van der Waals surface area contributed by atoms with Gasteiger partial charge in [-0.25, -0.2) is 4.99 Å². The second-order valence-electron chi connectivity index (χ2n) is 4.91. The number of nitrogens with zero attached hydrogens (tertiary/aromatic N) is 1.